The van der Waals surface area contributed by atoms with E-state index in [0.717, 1.165) is 5.56 Å². The molecule has 0 bridgehead atoms. The highest BCUT2D eigenvalue weighted by atomic mass is 16.5. The van der Waals surface area contributed by atoms with Crippen molar-refractivity contribution in [1.82, 2.24) is 14.4 Å². The quantitative estimate of drug-likeness (QED) is 0.671. The monoisotopic (exact) mass is 253 g/mol. The van der Waals surface area contributed by atoms with Crippen LogP contribution >= 0.6 is 0 Å². The second kappa shape index (κ2) is 4.89. The van der Waals surface area contributed by atoms with Crippen LogP contribution in [-0.4, -0.2) is 20.3 Å². The fourth-order valence-electron chi connectivity index (χ4n) is 1.78. The van der Waals surface area contributed by atoms with Gasteiger partial charge in [-0.2, -0.15) is 0 Å². The number of hydrogen-bond donors (Lipinski definition) is 0. The van der Waals surface area contributed by atoms with Gasteiger partial charge in [0.1, 0.15) is 6.61 Å². The van der Waals surface area contributed by atoms with Crippen molar-refractivity contribution in [2.45, 2.75) is 6.61 Å². The van der Waals surface area contributed by atoms with Crippen molar-refractivity contribution in [3.63, 3.8) is 0 Å². The second-order valence-corrected chi connectivity index (χ2v) is 3.99. The van der Waals surface area contributed by atoms with Crippen molar-refractivity contribution in [3.05, 3.63) is 66.2 Å². The molecular formula is C14H11N3O2. The lowest BCUT2D eigenvalue weighted by atomic mass is 10.2. The summed E-state index contributed by atoms with van der Waals surface area (Å²) in [5, 5.41) is 0. The van der Waals surface area contributed by atoms with Crippen LogP contribution in [0.15, 0.2) is 55.0 Å². The minimum absolute atomic E-state index is 0.243. The Bertz CT molecular complexity index is 707. The average molecular weight is 253 g/mol. The maximum Gasteiger partial charge on any atom is 0.357 e. The van der Waals surface area contributed by atoms with Gasteiger partial charge < -0.3 is 4.74 Å². The zero-order chi connectivity index (χ0) is 13.1. The number of hydrogen-bond acceptors (Lipinski definition) is 4. The van der Waals surface area contributed by atoms with E-state index in [9.17, 15) is 4.79 Å². The van der Waals surface area contributed by atoms with Gasteiger partial charge in [0.05, 0.1) is 6.20 Å². The van der Waals surface area contributed by atoms with Crippen LogP contribution in [0.4, 0.5) is 0 Å². The topological polar surface area (TPSA) is 56.5 Å². The Labute approximate surface area is 109 Å². The molecule has 0 aliphatic heterocycles. The predicted molar refractivity (Wildman–Crippen MR) is 68.5 cm³/mol. The van der Waals surface area contributed by atoms with Crippen LogP contribution in [0, 0.1) is 0 Å². The van der Waals surface area contributed by atoms with Crippen LogP contribution in [0.5, 0.6) is 0 Å². The number of aromatic nitrogens is 3. The number of ether oxygens (including phenoxy) is 1. The standard InChI is InChI=1S/C14H11N3O2/c18-13(19-10-11-5-2-1-3-6-11)12-9-16-14-15-7-4-8-17(12)14/h1-9H,10H2. The van der Waals surface area contributed by atoms with Crippen molar-refractivity contribution in [2.24, 2.45) is 0 Å². The third-order valence-corrected chi connectivity index (χ3v) is 2.71. The molecule has 0 radical (unpaired) electrons. The molecule has 2 heterocycles. The summed E-state index contributed by atoms with van der Waals surface area (Å²) in [6, 6.07) is 11.3. The summed E-state index contributed by atoms with van der Waals surface area (Å²) in [5.74, 6) is 0.0681. The van der Waals surface area contributed by atoms with E-state index in [1.54, 1.807) is 22.9 Å². The summed E-state index contributed by atoms with van der Waals surface area (Å²) in [7, 11) is 0. The highest BCUT2D eigenvalue weighted by Crippen LogP contribution is 2.07. The third-order valence-electron chi connectivity index (χ3n) is 2.71. The van der Waals surface area contributed by atoms with E-state index in [4.69, 9.17) is 4.74 Å². The number of carbonyl (C=O) groups is 1. The zero-order valence-electron chi connectivity index (χ0n) is 10.1. The summed E-state index contributed by atoms with van der Waals surface area (Å²) >= 11 is 0. The van der Waals surface area contributed by atoms with Gasteiger partial charge in [0, 0.05) is 12.4 Å². The summed E-state index contributed by atoms with van der Waals surface area (Å²) < 4.78 is 6.86. The molecule has 2 aromatic heterocycles. The number of benzene rings is 1. The van der Waals surface area contributed by atoms with Crippen molar-refractivity contribution in [1.29, 1.82) is 0 Å². The smallest absolute Gasteiger partial charge is 0.357 e. The number of rotatable bonds is 3. The molecule has 1 aromatic carbocycles. The fourth-order valence-corrected chi connectivity index (χ4v) is 1.78. The Morgan fingerprint density at radius 2 is 2.00 bits per heavy atom. The van der Waals surface area contributed by atoms with Gasteiger partial charge in [0.2, 0.25) is 5.78 Å². The van der Waals surface area contributed by atoms with Crippen LogP contribution in [0.2, 0.25) is 0 Å². The number of nitrogens with zero attached hydrogens (tertiary/aromatic N) is 3. The molecule has 0 amide bonds. The van der Waals surface area contributed by atoms with Gasteiger partial charge in [-0.25, -0.2) is 14.8 Å². The molecule has 5 nitrogen and oxygen atoms in total. The first kappa shape index (κ1) is 11.4. The highest BCUT2D eigenvalue weighted by molar-refractivity contribution is 5.88. The second-order valence-electron chi connectivity index (χ2n) is 3.99. The normalized spacial score (nSPS) is 10.5. The molecule has 0 aliphatic carbocycles. The van der Waals surface area contributed by atoms with Crippen molar-refractivity contribution in [3.8, 4) is 0 Å². The molecule has 0 unspecified atom stereocenters. The minimum Gasteiger partial charge on any atom is -0.456 e. The molecular weight excluding hydrogens is 242 g/mol. The minimum atomic E-state index is -0.413. The molecule has 19 heavy (non-hydrogen) atoms. The van der Waals surface area contributed by atoms with Crippen LogP contribution in [0.1, 0.15) is 16.1 Å². The predicted octanol–water partition coefficient (Wildman–Crippen LogP) is 2.09. The Kier molecular flexibility index (Phi) is 2.94. The first-order valence-corrected chi connectivity index (χ1v) is 5.84. The molecule has 0 fully saturated rings. The summed E-state index contributed by atoms with van der Waals surface area (Å²) in [5.41, 5.74) is 1.32. The zero-order valence-corrected chi connectivity index (χ0v) is 10.1. The van der Waals surface area contributed by atoms with Gasteiger partial charge in [-0.1, -0.05) is 30.3 Å². The first-order valence-electron chi connectivity index (χ1n) is 5.84. The molecule has 5 heteroatoms. The SMILES string of the molecule is O=C(OCc1ccccc1)c1cnc2ncccn12. The van der Waals surface area contributed by atoms with Crippen LogP contribution in [0.3, 0.4) is 0 Å². The number of esters is 1. The van der Waals surface area contributed by atoms with Gasteiger partial charge in [0.25, 0.3) is 0 Å². The van der Waals surface area contributed by atoms with Gasteiger partial charge in [-0.3, -0.25) is 4.40 Å². The molecule has 94 valence electrons. The molecule has 0 spiro atoms. The lowest BCUT2D eigenvalue weighted by Crippen LogP contribution is -2.08. The molecule has 0 N–H and O–H groups in total. The maximum atomic E-state index is 12.0. The maximum absolute atomic E-state index is 12.0. The summed E-state index contributed by atoms with van der Waals surface area (Å²) in [4.78, 5) is 20.1. The number of fused-ring (bicyclic) bond motifs is 1. The van der Waals surface area contributed by atoms with Crippen LogP contribution in [0.25, 0.3) is 5.78 Å². The molecule has 3 aromatic rings. The largest absolute Gasteiger partial charge is 0.456 e. The fraction of sp³-hybridized carbons (Fsp3) is 0.0714. The van der Waals surface area contributed by atoms with E-state index in [-0.39, 0.29) is 6.61 Å². The Hall–Kier alpha value is -2.69. The van der Waals surface area contributed by atoms with Gasteiger partial charge >= 0.3 is 5.97 Å². The highest BCUT2D eigenvalue weighted by Gasteiger charge is 2.13. The molecule has 0 aliphatic rings. The van der Waals surface area contributed by atoms with Gasteiger partial charge in [0.15, 0.2) is 5.69 Å². The number of carbonyl (C=O) groups excluding carboxylic acids is 1. The molecule has 0 saturated carbocycles. The summed E-state index contributed by atoms with van der Waals surface area (Å²) in [6.45, 7) is 0.243. The molecule has 0 atom stereocenters. The van der Waals surface area contributed by atoms with Gasteiger partial charge in [-0.15, -0.1) is 0 Å². The van der Waals surface area contributed by atoms with Crippen molar-refractivity contribution >= 4 is 11.7 Å². The van der Waals surface area contributed by atoms with E-state index in [1.165, 1.54) is 6.20 Å². The summed E-state index contributed by atoms with van der Waals surface area (Å²) in [6.07, 6.45) is 4.82. The lowest BCUT2D eigenvalue weighted by Gasteiger charge is -2.04. The Morgan fingerprint density at radius 3 is 2.84 bits per heavy atom. The third kappa shape index (κ3) is 2.30. The van der Waals surface area contributed by atoms with Crippen LogP contribution in [-0.2, 0) is 11.3 Å². The molecule has 0 saturated heterocycles. The van der Waals surface area contributed by atoms with E-state index in [1.807, 2.05) is 30.3 Å². The van der Waals surface area contributed by atoms with E-state index in [0.29, 0.717) is 11.5 Å². The van der Waals surface area contributed by atoms with Crippen molar-refractivity contribution < 1.29 is 9.53 Å². The van der Waals surface area contributed by atoms with E-state index >= 15 is 0 Å². The molecule has 3 rings (SSSR count). The van der Waals surface area contributed by atoms with E-state index in [2.05, 4.69) is 9.97 Å². The number of imidazole rings is 1. The van der Waals surface area contributed by atoms with Crippen LogP contribution < -0.4 is 0 Å². The van der Waals surface area contributed by atoms with Gasteiger partial charge in [-0.05, 0) is 11.6 Å². The average Bonchev–Trinajstić information content (AvgIpc) is 2.90. The lowest BCUT2D eigenvalue weighted by molar-refractivity contribution is 0.0464. The van der Waals surface area contributed by atoms with Crippen molar-refractivity contribution in [2.75, 3.05) is 0 Å². The Morgan fingerprint density at radius 1 is 1.16 bits per heavy atom. The van der Waals surface area contributed by atoms with E-state index < -0.39 is 5.97 Å². The first-order chi connectivity index (χ1) is 9.34. The Balaban J connectivity index is 1.77.